The highest BCUT2D eigenvalue weighted by atomic mass is 35.5. The van der Waals surface area contributed by atoms with Gasteiger partial charge < -0.3 is 14.6 Å². The maximum Gasteiger partial charge on any atom is 0.274 e. The summed E-state index contributed by atoms with van der Waals surface area (Å²) in [6.45, 7) is 2.68. The maximum absolute atomic E-state index is 13.7. The van der Waals surface area contributed by atoms with Crippen molar-refractivity contribution in [2.24, 2.45) is 0 Å². The molecule has 0 atom stereocenters. The summed E-state index contributed by atoms with van der Waals surface area (Å²) in [5.74, 6) is 1.61. The van der Waals surface area contributed by atoms with Crippen molar-refractivity contribution in [1.82, 2.24) is 19.3 Å². The van der Waals surface area contributed by atoms with Crippen molar-refractivity contribution < 1.29 is 9.53 Å². The first kappa shape index (κ1) is 22.3. The molecule has 1 N–H and O–H groups in total. The molecule has 4 aromatic rings. The maximum atomic E-state index is 13.7. The van der Waals surface area contributed by atoms with E-state index in [0.717, 1.165) is 42.6 Å². The molecule has 0 spiro atoms. The van der Waals surface area contributed by atoms with Crippen LogP contribution in [-0.2, 0) is 17.8 Å². The van der Waals surface area contributed by atoms with Crippen molar-refractivity contribution in [3.05, 3.63) is 81.0 Å². The Hall–Kier alpha value is -3.16. The Bertz CT molecular complexity index is 1490. The van der Waals surface area contributed by atoms with Gasteiger partial charge in [0.25, 0.3) is 11.5 Å². The van der Waals surface area contributed by atoms with Gasteiger partial charge in [0.05, 0.1) is 17.2 Å². The first-order valence-corrected chi connectivity index (χ1v) is 12.2. The van der Waals surface area contributed by atoms with E-state index in [9.17, 15) is 9.59 Å². The molecule has 1 aliphatic carbocycles. The third-order valence-electron chi connectivity index (χ3n) is 7.64. The Labute approximate surface area is 208 Å². The normalized spacial score (nSPS) is 18.1. The number of carbonyl (C=O) groups is 1. The summed E-state index contributed by atoms with van der Waals surface area (Å²) in [5, 5.41) is 0. The number of aromatic nitrogens is 3. The van der Waals surface area contributed by atoms with E-state index in [0.29, 0.717) is 48.8 Å². The lowest BCUT2D eigenvalue weighted by Crippen LogP contribution is -2.26. The van der Waals surface area contributed by atoms with E-state index in [2.05, 4.69) is 28.2 Å². The van der Waals surface area contributed by atoms with E-state index in [-0.39, 0.29) is 29.8 Å². The zero-order chi connectivity index (χ0) is 22.8. The summed E-state index contributed by atoms with van der Waals surface area (Å²) in [6, 6.07) is 12.3. The molecule has 8 heteroatoms. The minimum atomic E-state index is -0.176. The molecule has 1 saturated heterocycles. The van der Waals surface area contributed by atoms with Gasteiger partial charge in [-0.3, -0.25) is 14.0 Å². The number of hydrogen-bond acceptors (Lipinski definition) is 4. The van der Waals surface area contributed by atoms with E-state index in [1.54, 1.807) is 6.20 Å². The van der Waals surface area contributed by atoms with Gasteiger partial charge in [0.1, 0.15) is 11.3 Å². The van der Waals surface area contributed by atoms with Gasteiger partial charge >= 0.3 is 0 Å². The number of aromatic amines is 1. The van der Waals surface area contributed by atoms with Crippen molar-refractivity contribution in [3.63, 3.8) is 0 Å². The molecule has 0 unspecified atom stereocenters. The molecule has 0 radical (unpaired) electrons. The number of halogens is 1. The molecule has 2 aromatic heterocycles. The molecule has 2 fully saturated rings. The Morgan fingerprint density at radius 3 is 2.37 bits per heavy atom. The molecule has 2 aromatic carbocycles. The second-order valence-electron chi connectivity index (χ2n) is 9.84. The molecule has 4 heterocycles. The van der Waals surface area contributed by atoms with Crippen LogP contribution in [0.25, 0.3) is 16.6 Å². The smallest absolute Gasteiger partial charge is 0.274 e. The second kappa shape index (κ2) is 8.50. The summed E-state index contributed by atoms with van der Waals surface area (Å²) >= 11 is 0. The number of rotatable bonds is 3. The van der Waals surface area contributed by atoms with Crippen LogP contribution in [0.2, 0.25) is 0 Å². The van der Waals surface area contributed by atoms with Crippen molar-refractivity contribution in [1.29, 1.82) is 0 Å². The first-order valence-electron chi connectivity index (χ1n) is 12.2. The largest absolute Gasteiger partial charge is 0.381 e. The van der Waals surface area contributed by atoms with Crippen LogP contribution < -0.4 is 5.56 Å². The number of benzene rings is 2. The number of carbonyl (C=O) groups excluding carboxylic acids is 1. The molecule has 3 aliphatic rings. The standard InChI is InChI=1S/C27H26N4O3.ClH/c32-26-24-13-28-25(17-7-9-34-10-8-17)31(24)23-12-20(16-5-6-16)21(11-22(23)29-26)27(33)30-14-18-3-1-2-4-19(18)15-30;/h1-4,11-13,16-17H,5-10,14-15H2,(H,29,32);1H. The van der Waals surface area contributed by atoms with Crippen LogP contribution in [0.4, 0.5) is 0 Å². The lowest BCUT2D eigenvalue weighted by atomic mass is 9.98. The molecule has 180 valence electrons. The van der Waals surface area contributed by atoms with Gasteiger partial charge in [-0.1, -0.05) is 24.3 Å². The number of nitrogens with zero attached hydrogens (tertiary/aromatic N) is 3. The lowest BCUT2D eigenvalue weighted by Gasteiger charge is -2.22. The average molecular weight is 491 g/mol. The molecule has 1 saturated carbocycles. The SMILES string of the molecule is Cl.O=C(c1cc2[nH]c(=O)c3cnc(C4CCOCC4)n3c2cc1C1CC1)N1Cc2ccccc2C1. The lowest BCUT2D eigenvalue weighted by molar-refractivity contribution is 0.0750. The monoisotopic (exact) mass is 490 g/mol. The van der Waals surface area contributed by atoms with E-state index in [4.69, 9.17) is 4.74 Å². The van der Waals surface area contributed by atoms with Gasteiger partial charge in [0.15, 0.2) is 0 Å². The van der Waals surface area contributed by atoms with E-state index >= 15 is 0 Å². The summed E-state index contributed by atoms with van der Waals surface area (Å²) < 4.78 is 7.57. The minimum absolute atomic E-state index is 0. The molecule has 0 bridgehead atoms. The van der Waals surface area contributed by atoms with Gasteiger partial charge in [-0.05, 0) is 60.4 Å². The highest BCUT2D eigenvalue weighted by molar-refractivity contribution is 6.00. The number of imidazole rings is 1. The summed E-state index contributed by atoms with van der Waals surface area (Å²) in [7, 11) is 0. The third-order valence-corrected chi connectivity index (χ3v) is 7.64. The van der Waals surface area contributed by atoms with E-state index < -0.39 is 0 Å². The van der Waals surface area contributed by atoms with Crippen LogP contribution in [0.15, 0.2) is 47.4 Å². The number of fused-ring (bicyclic) bond motifs is 4. The molecular formula is C27H27ClN4O3. The fourth-order valence-electron chi connectivity index (χ4n) is 5.66. The zero-order valence-corrected chi connectivity index (χ0v) is 20.1. The minimum Gasteiger partial charge on any atom is -0.381 e. The molecule has 7 rings (SSSR count). The van der Waals surface area contributed by atoms with E-state index in [1.165, 1.54) is 11.1 Å². The number of hydrogen-bond donors (Lipinski definition) is 1. The number of ether oxygens (including phenoxy) is 1. The van der Waals surface area contributed by atoms with Crippen LogP contribution in [-0.4, -0.2) is 38.4 Å². The van der Waals surface area contributed by atoms with Crippen LogP contribution in [0.3, 0.4) is 0 Å². The van der Waals surface area contributed by atoms with Gasteiger partial charge in [-0.2, -0.15) is 0 Å². The highest BCUT2D eigenvalue weighted by Gasteiger charge is 2.33. The van der Waals surface area contributed by atoms with Crippen molar-refractivity contribution in [2.75, 3.05) is 13.2 Å². The summed E-state index contributed by atoms with van der Waals surface area (Å²) in [5.41, 5.74) is 6.22. The highest BCUT2D eigenvalue weighted by Crippen LogP contribution is 2.43. The van der Waals surface area contributed by atoms with Crippen molar-refractivity contribution in [3.8, 4) is 0 Å². The number of H-pyrrole nitrogens is 1. The molecule has 1 amide bonds. The average Bonchev–Trinajstić information content (AvgIpc) is 3.45. The van der Waals surface area contributed by atoms with Gasteiger partial charge in [-0.25, -0.2) is 4.98 Å². The fourth-order valence-corrected chi connectivity index (χ4v) is 5.66. The topological polar surface area (TPSA) is 79.7 Å². The molecule has 7 nitrogen and oxygen atoms in total. The van der Waals surface area contributed by atoms with Gasteiger partial charge in [0, 0.05) is 37.8 Å². The Morgan fingerprint density at radius 1 is 0.971 bits per heavy atom. The van der Waals surface area contributed by atoms with Crippen LogP contribution in [0.5, 0.6) is 0 Å². The summed E-state index contributed by atoms with van der Waals surface area (Å²) in [4.78, 5) is 36.3. The van der Waals surface area contributed by atoms with Crippen LogP contribution in [0, 0.1) is 0 Å². The Balaban J connectivity index is 0.00000229. The van der Waals surface area contributed by atoms with Gasteiger partial charge in [-0.15, -0.1) is 12.4 Å². The zero-order valence-electron chi connectivity index (χ0n) is 19.3. The van der Waals surface area contributed by atoms with Gasteiger partial charge in [0.2, 0.25) is 0 Å². The van der Waals surface area contributed by atoms with E-state index in [1.807, 2.05) is 27.5 Å². The number of nitrogens with one attached hydrogen (secondary N) is 1. The van der Waals surface area contributed by atoms with Crippen molar-refractivity contribution in [2.45, 2.75) is 50.6 Å². The Kier molecular flexibility index (Phi) is 5.42. The number of amides is 1. The molecule has 35 heavy (non-hydrogen) atoms. The first-order chi connectivity index (χ1) is 16.7. The molecular weight excluding hydrogens is 464 g/mol. The Morgan fingerprint density at radius 2 is 1.69 bits per heavy atom. The quantitative estimate of drug-likeness (QED) is 0.457. The predicted octanol–water partition coefficient (Wildman–Crippen LogP) is 4.53. The predicted molar refractivity (Wildman–Crippen MR) is 135 cm³/mol. The fraction of sp³-hybridized carbons (Fsp3) is 0.370. The van der Waals surface area contributed by atoms with Crippen molar-refractivity contribution >= 4 is 34.9 Å². The molecule has 2 aliphatic heterocycles. The van der Waals surface area contributed by atoms with Crippen LogP contribution >= 0.6 is 12.4 Å². The second-order valence-corrected chi connectivity index (χ2v) is 9.84. The third kappa shape index (κ3) is 3.65. The van der Waals surface area contributed by atoms with Crippen LogP contribution in [0.1, 0.15) is 70.4 Å². The summed E-state index contributed by atoms with van der Waals surface area (Å²) in [6.07, 6.45) is 5.66.